The third kappa shape index (κ3) is 5.02. The second-order valence-electron chi connectivity index (χ2n) is 7.05. The van der Waals surface area contributed by atoms with E-state index < -0.39 is 84.0 Å². The fraction of sp³-hybridized carbons (Fsp3) is 0.857. The molecule has 0 spiro atoms. The lowest BCUT2D eigenvalue weighted by molar-refractivity contribution is -0.450. The Bertz CT molecular complexity index is 910. The Morgan fingerprint density at radius 3 is 0.923 bits per heavy atom. The van der Waals surface area contributed by atoms with Gasteiger partial charge < -0.3 is 0 Å². The molecule has 0 unspecified atom stereocenters. The predicted molar refractivity (Wildman–Crippen MR) is 70.4 cm³/mol. The van der Waals surface area contributed by atoms with E-state index >= 15 is 0 Å². The Kier molecular flexibility index (Phi) is 8.78. The van der Waals surface area contributed by atoms with Gasteiger partial charge in [0, 0.05) is 6.42 Å². The summed E-state index contributed by atoms with van der Waals surface area (Å²) in [6, 6.07) is 0. The summed E-state index contributed by atoms with van der Waals surface area (Å²) in [4.78, 5) is 0. The van der Waals surface area contributed by atoms with Crippen LogP contribution in [-0.4, -0.2) is 65.7 Å². The largest absolute Gasteiger partial charge is 0.460 e. The van der Waals surface area contributed by atoms with E-state index in [1.165, 1.54) is 0 Å². The number of rotatable bonds is 10. The fourth-order valence-corrected chi connectivity index (χ4v) is 2.00. The summed E-state index contributed by atoms with van der Waals surface area (Å²) in [7, 11) is 0. The van der Waals surface area contributed by atoms with Crippen LogP contribution in [0.5, 0.6) is 0 Å². The first kappa shape index (κ1) is 37.0. The van der Waals surface area contributed by atoms with Crippen molar-refractivity contribution < 1.29 is 110 Å². The van der Waals surface area contributed by atoms with Crippen LogP contribution in [0.4, 0.5) is 110 Å². The van der Waals surface area contributed by atoms with Crippen molar-refractivity contribution >= 4 is 0 Å². The highest BCUT2D eigenvalue weighted by Gasteiger charge is 2.93. The van der Waals surface area contributed by atoms with E-state index in [1.54, 1.807) is 0 Å². The number of hydrogen-bond donors (Lipinski definition) is 0. The quantitative estimate of drug-likeness (QED) is 0.208. The van der Waals surface area contributed by atoms with Crippen LogP contribution in [0.2, 0.25) is 0 Å². The predicted octanol–water partition coefficient (Wildman–Crippen LogP) is 9.07. The molecule has 0 atom stereocenters. The molecule has 0 rings (SSSR count). The van der Waals surface area contributed by atoms with Gasteiger partial charge in [-0.2, -0.15) is 105 Å². The summed E-state index contributed by atoms with van der Waals surface area (Å²) < 4.78 is 320. The van der Waals surface area contributed by atoms with Gasteiger partial charge in [0.05, 0.1) is 0 Å². The van der Waals surface area contributed by atoms with Crippen molar-refractivity contribution in [3.8, 4) is 0 Å². The third-order valence-corrected chi connectivity index (χ3v) is 4.38. The first-order valence-corrected chi connectivity index (χ1v) is 8.28. The topological polar surface area (TPSA) is 0 Å². The zero-order chi connectivity index (χ0) is 32.5. The Labute approximate surface area is 195 Å². The van der Waals surface area contributed by atoms with Crippen molar-refractivity contribution in [3.05, 3.63) is 11.9 Å². The highest BCUT2D eigenvalue weighted by atomic mass is 19.4. The molecule has 0 heterocycles. The van der Waals surface area contributed by atoms with Crippen LogP contribution in [-0.2, 0) is 0 Å². The van der Waals surface area contributed by atoms with Gasteiger partial charge in [-0.25, -0.2) is 4.39 Å². The maximum absolute atomic E-state index is 13.4. The number of alkyl halides is 24. The highest BCUT2D eigenvalue weighted by molar-refractivity contribution is 5.20. The molecule has 0 nitrogen and oxygen atoms in total. The van der Waals surface area contributed by atoms with Gasteiger partial charge in [0.1, 0.15) is 0 Å². The maximum atomic E-state index is 13.4. The van der Waals surface area contributed by atoms with Crippen molar-refractivity contribution in [2.45, 2.75) is 72.1 Å². The van der Waals surface area contributed by atoms with E-state index in [0.29, 0.717) is 0 Å². The Balaban J connectivity index is 6.71. The second kappa shape index (κ2) is 9.26. The van der Waals surface area contributed by atoms with Crippen LogP contribution in [0.15, 0.2) is 11.9 Å². The summed E-state index contributed by atoms with van der Waals surface area (Å²) in [5.41, 5.74) is 0. The lowest BCUT2D eigenvalue weighted by atomic mass is 9.90. The molecule has 0 aromatic heterocycles. The van der Waals surface area contributed by atoms with Crippen molar-refractivity contribution in [2.24, 2.45) is 0 Å². The first-order chi connectivity index (χ1) is 16.4. The fourth-order valence-electron chi connectivity index (χ4n) is 2.00. The molecule has 0 aliphatic carbocycles. The van der Waals surface area contributed by atoms with Crippen molar-refractivity contribution in [1.82, 2.24) is 0 Å². The molecule has 0 aromatic carbocycles. The van der Waals surface area contributed by atoms with E-state index in [9.17, 15) is 110 Å². The minimum Gasteiger partial charge on any atom is -0.205 e. The number of hydrogen-bond acceptors (Lipinski definition) is 0. The standard InChI is InChI=1S/C14H3F25/c15-3(1-2-4(16,17)6(20,21)11(30,31)13(34,35)36)5(18,19)7(22,23)8(24,25)9(26,27)10(28,29)12(32,33)14(37,38)39/h1H,2H2. The Morgan fingerprint density at radius 2 is 0.615 bits per heavy atom. The molecule has 0 bridgehead atoms. The van der Waals surface area contributed by atoms with Gasteiger partial charge in [-0.3, -0.25) is 0 Å². The average molecular weight is 646 g/mol. The summed E-state index contributed by atoms with van der Waals surface area (Å²) in [6.07, 6.45) is -21.9. The molecule has 234 valence electrons. The maximum Gasteiger partial charge on any atom is 0.460 e. The van der Waals surface area contributed by atoms with E-state index in [1.807, 2.05) is 0 Å². The molecule has 0 fully saturated rings. The zero-order valence-corrected chi connectivity index (χ0v) is 16.7. The Hall–Kier alpha value is -2.01. The molecule has 39 heavy (non-hydrogen) atoms. The smallest absolute Gasteiger partial charge is 0.205 e. The number of halogens is 25. The van der Waals surface area contributed by atoms with Gasteiger partial charge in [0.15, 0.2) is 5.83 Å². The molecule has 0 N–H and O–H groups in total. The molecule has 0 radical (unpaired) electrons. The van der Waals surface area contributed by atoms with E-state index in [0.717, 1.165) is 0 Å². The van der Waals surface area contributed by atoms with Gasteiger partial charge >= 0.3 is 65.7 Å². The van der Waals surface area contributed by atoms with Crippen LogP contribution in [0.25, 0.3) is 0 Å². The summed E-state index contributed by atoms with van der Waals surface area (Å²) in [5, 5.41) is 0. The highest BCUT2D eigenvalue weighted by Crippen LogP contribution is 2.63. The van der Waals surface area contributed by atoms with Gasteiger partial charge in [-0.1, -0.05) is 0 Å². The minimum atomic E-state index is -8.95. The molecule has 25 heteroatoms. The molecule has 0 aromatic rings. The van der Waals surface area contributed by atoms with Gasteiger partial charge in [-0.15, -0.1) is 0 Å². The zero-order valence-electron chi connectivity index (χ0n) is 16.7. The normalized spacial score (nSPS) is 17.1. The van der Waals surface area contributed by atoms with Gasteiger partial charge in [-0.05, 0) is 6.08 Å². The van der Waals surface area contributed by atoms with Crippen molar-refractivity contribution in [2.75, 3.05) is 0 Å². The van der Waals surface area contributed by atoms with Crippen LogP contribution in [0.3, 0.4) is 0 Å². The molecule has 0 aliphatic rings. The van der Waals surface area contributed by atoms with Crippen LogP contribution >= 0.6 is 0 Å². The molecule has 0 aliphatic heterocycles. The third-order valence-electron chi connectivity index (χ3n) is 4.38. The second-order valence-corrected chi connectivity index (χ2v) is 7.05. The van der Waals surface area contributed by atoms with Crippen molar-refractivity contribution in [1.29, 1.82) is 0 Å². The SMILES string of the molecule is FC(=CCC(F)(F)C(F)(F)C(F)(F)C(F)(F)F)C(F)(F)C(F)(F)C(F)(F)C(F)(F)C(F)(F)C(F)(F)C(F)(F)F. The van der Waals surface area contributed by atoms with Crippen LogP contribution < -0.4 is 0 Å². The van der Waals surface area contributed by atoms with E-state index in [-0.39, 0.29) is 0 Å². The van der Waals surface area contributed by atoms with Crippen LogP contribution in [0, 0.1) is 0 Å². The summed E-state index contributed by atoms with van der Waals surface area (Å²) in [6.45, 7) is 0. The molecular weight excluding hydrogens is 643 g/mol. The Morgan fingerprint density at radius 1 is 0.359 bits per heavy atom. The van der Waals surface area contributed by atoms with Crippen LogP contribution in [0.1, 0.15) is 6.42 Å². The lowest BCUT2D eigenvalue weighted by Crippen LogP contribution is -2.72. The first-order valence-electron chi connectivity index (χ1n) is 8.28. The molecule has 0 saturated heterocycles. The monoisotopic (exact) mass is 646 g/mol. The molecule has 0 saturated carbocycles. The van der Waals surface area contributed by atoms with E-state index in [2.05, 4.69) is 0 Å². The summed E-state index contributed by atoms with van der Waals surface area (Å²) >= 11 is 0. The molecule has 0 amide bonds. The van der Waals surface area contributed by atoms with E-state index in [4.69, 9.17) is 0 Å². The summed E-state index contributed by atoms with van der Waals surface area (Å²) in [5.74, 6) is -79.4. The van der Waals surface area contributed by atoms with Gasteiger partial charge in [0.25, 0.3) is 0 Å². The average Bonchev–Trinajstić information content (AvgIpc) is 2.69. The molecular formula is C14H3F25. The van der Waals surface area contributed by atoms with Crippen molar-refractivity contribution in [3.63, 3.8) is 0 Å². The minimum absolute atomic E-state index is 2.31. The number of allylic oxidation sites excluding steroid dienone is 2. The van der Waals surface area contributed by atoms with Gasteiger partial charge in [0.2, 0.25) is 0 Å². The lowest BCUT2D eigenvalue weighted by Gasteiger charge is -2.41.